The summed E-state index contributed by atoms with van der Waals surface area (Å²) in [7, 11) is 0. The van der Waals surface area contributed by atoms with E-state index in [-0.39, 0.29) is 0 Å². The third-order valence-corrected chi connectivity index (χ3v) is 7.19. The molecule has 1 aliphatic carbocycles. The molecule has 1 saturated carbocycles. The number of benzene rings is 3. The van der Waals surface area contributed by atoms with Crippen LogP contribution in [-0.4, -0.2) is 12.7 Å². The van der Waals surface area contributed by atoms with Crippen molar-refractivity contribution in [2.75, 3.05) is 6.61 Å². The standard InChI is InChI=1S/C31H38O/c1-3-32-31-21-15-26(16-22-31)10-9-25-11-17-29(18-12-25)30-19-13-27(14-20-30)23-24(2)28-7-5-4-6-8-28/h4-8,11-14,17-20,24,26,31H,3,9-10,15-16,21-23H2,1-2H3/t24-,26?,31?/m1/s1. The summed E-state index contributed by atoms with van der Waals surface area (Å²) in [5.41, 5.74) is 6.90. The van der Waals surface area contributed by atoms with Crippen LogP contribution in [-0.2, 0) is 17.6 Å². The minimum Gasteiger partial charge on any atom is -0.379 e. The molecule has 32 heavy (non-hydrogen) atoms. The van der Waals surface area contributed by atoms with Crippen molar-refractivity contribution >= 4 is 0 Å². The average Bonchev–Trinajstić information content (AvgIpc) is 2.85. The predicted octanol–water partition coefficient (Wildman–Crippen LogP) is 8.23. The summed E-state index contributed by atoms with van der Waals surface area (Å²) in [4.78, 5) is 0. The second-order valence-corrected chi connectivity index (χ2v) is 9.55. The normalized spacial score (nSPS) is 19.6. The van der Waals surface area contributed by atoms with E-state index in [0.717, 1.165) is 18.9 Å². The molecule has 3 aromatic carbocycles. The molecule has 0 spiro atoms. The summed E-state index contributed by atoms with van der Waals surface area (Å²) in [6.45, 7) is 5.28. The lowest BCUT2D eigenvalue weighted by Gasteiger charge is -2.28. The van der Waals surface area contributed by atoms with E-state index in [1.54, 1.807) is 0 Å². The molecule has 0 saturated heterocycles. The second-order valence-electron chi connectivity index (χ2n) is 9.55. The molecule has 1 atom stereocenters. The average molecular weight is 427 g/mol. The highest BCUT2D eigenvalue weighted by atomic mass is 16.5. The molecule has 0 heterocycles. The monoisotopic (exact) mass is 426 g/mol. The smallest absolute Gasteiger partial charge is 0.0575 e. The quantitative estimate of drug-likeness (QED) is 0.335. The second kappa shape index (κ2) is 11.5. The van der Waals surface area contributed by atoms with Crippen LogP contribution in [0.25, 0.3) is 11.1 Å². The largest absolute Gasteiger partial charge is 0.379 e. The SMILES string of the molecule is CCOC1CCC(CCc2ccc(-c3ccc(C[C@@H](C)c4ccccc4)cc3)cc2)CC1. The summed E-state index contributed by atoms with van der Waals surface area (Å²) >= 11 is 0. The van der Waals surface area contributed by atoms with E-state index in [9.17, 15) is 0 Å². The van der Waals surface area contributed by atoms with Crippen molar-refractivity contribution in [1.82, 2.24) is 0 Å². The minimum atomic E-state index is 0.517. The predicted molar refractivity (Wildman–Crippen MR) is 136 cm³/mol. The first-order valence-corrected chi connectivity index (χ1v) is 12.6. The summed E-state index contributed by atoms with van der Waals surface area (Å²) in [6.07, 6.45) is 9.26. The van der Waals surface area contributed by atoms with E-state index < -0.39 is 0 Å². The number of ether oxygens (including phenoxy) is 1. The van der Waals surface area contributed by atoms with Crippen LogP contribution in [0, 0.1) is 5.92 Å². The van der Waals surface area contributed by atoms with Gasteiger partial charge in [-0.25, -0.2) is 0 Å². The van der Waals surface area contributed by atoms with Gasteiger partial charge < -0.3 is 4.74 Å². The maximum atomic E-state index is 5.80. The Morgan fingerprint density at radius 1 is 0.750 bits per heavy atom. The Kier molecular flexibility index (Phi) is 8.18. The third-order valence-electron chi connectivity index (χ3n) is 7.19. The fraction of sp³-hybridized carbons (Fsp3) is 0.419. The van der Waals surface area contributed by atoms with E-state index >= 15 is 0 Å². The van der Waals surface area contributed by atoms with E-state index in [1.165, 1.54) is 66.3 Å². The maximum Gasteiger partial charge on any atom is 0.0575 e. The van der Waals surface area contributed by atoms with Gasteiger partial charge in [0.15, 0.2) is 0 Å². The molecule has 168 valence electrons. The first kappa shape index (κ1) is 22.8. The van der Waals surface area contributed by atoms with E-state index in [4.69, 9.17) is 4.74 Å². The van der Waals surface area contributed by atoms with Crippen molar-refractivity contribution in [1.29, 1.82) is 0 Å². The van der Waals surface area contributed by atoms with E-state index in [1.807, 2.05) is 0 Å². The molecule has 1 nitrogen and oxygen atoms in total. The van der Waals surface area contributed by atoms with Crippen molar-refractivity contribution in [3.05, 3.63) is 95.6 Å². The highest BCUT2D eigenvalue weighted by molar-refractivity contribution is 5.64. The zero-order valence-corrected chi connectivity index (χ0v) is 19.8. The van der Waals surface area contributed by atoms with Crippen LogP contribution in [0.3, 0.4) is 0 Å². The van der Waals surface area contributed by atoms with Crippen LogP contribution in [0.1, 0.15) is 68.6 Å². The molecule has 0 bridgehead atoms. The van der Waals surface area contributed by atoms with Gasteiger partial charge in [-0.15, -0.1) is 0 Å². The Bertz CT molecular complexity index is 918. The van der Waals surface area contributed by atoms with Crippen LogP contribution in [0.5, 0.6) is 0 Å². The zero-order valence-electron chi connectivity index (χ0n) is 19.8. The van der Waals surface area contributed by atoms with Crippen LogP contribution in [0.2, 0.25) is 0 Å². The molecule has 0 N–H and O–H groups in total. The molecule has 1 fully saturated rings. The third kappa shape index (κ3) is 6.33. The van der Waals surface area contributed by atoms with Crippen molar-refractivity contribution in [3.8, 4) is 11.1 Å². The zero-order chi connectivity index (χ0) is 22.2. The van der Waals surface area contributed by atoms with Gasteiger partial charge >= 0.3 is 0 Å². The van der Waals surface area contributed by atoms with Crippen molar-refractivity contribution in [3.63, 3.8) is 0 Å². The molecular weight excluding hydrogens is 388 g/mol. The van der Waals surface area contributed by atoms with Crippen LogP contribution in [0.15, 0.2) is 78.9 Å². The first-order valence-electron chi connectivity index (χ1n) is 12.6. The van der Waals surface area contributed by atoms with Crippen LogP contribution in [0.4, 0.5) is 0 Å². The van der Waals surface area contributed by atoms with Gasteiger partial charge in [-0.1, -0.05) is 85.8 Å². The lowest BCUT2D eigenvalue weighted by molar-refractivity contribution is 0.0248. The van der Waals surface area contributed by atoms with Gasteiger partial charge in [-0.2, -0.15) is 0 Å². The first-order chi connectivity index (χ1) is 15.7. The Balaban J connectivity index is 1.27. The summed E-state index contributed by atoms with van der Waals surface area (Å²) in [5, 5.41) is 0. The highest BCUT2D eigenvalue weighted by Gasteiger charge is 2.21. The molecular formula is C31H38O. The highest BCUT2D eigenvalue weighted by Crippen LogP contribution is 2.30. The topological polar surface area (TPSA) is 9.23 Å². The maximum absolute atomic E-state index is 5.80. The molecule has 0 aliphatic heterocycles. The van der Waals surface area contributed by atoms with Crippen molar-refractivity contribution in [2.24, 2.45) is 5.92 Å². The van der Waals surface area contributed by atoms with E-state index in [0.29, 0.717) is 12.0 Å². The Hall–Kier alpha value is -2.38. The Labute approximate surface area is 194 Å². The minimum absolute atomic E-state index is 0.517. The fourth-order valence-electron chi connectivity index (χ4n) is 5.14. The van der Waals surface area contributed by atoms with Crippen LogP contribution < -0.4 is 0 Å². The van der Waals surface area contributed by atoms with Gasteiger partial charge in [-0.05, 0) is 91.5 Å². The molecule has 0 aromatic heterocycles. The number of aryl methyl sites for hydroxylation is 1. The molecule has 4 rings (SSSR count). The summed E-state index contributed by atoms with van der Waals surface area (Å²) in [6, 6.07) is 29.2. The van der Waals surface area contributed by atoms with Gasteiger partial charge in [0.1, 0.15) is 0 Å². The fourth-order valence-corrected chi connectivity index (χ4v) is 5.14. The van der Waals surface area contributed by atoms with Gasteiger partial charge in [0.25, 0.3) is 0 Å². The number of rotatable bonds is 9. The number of hydrogen-bond acceptors (Lipinski definition) is 1. The molecule has 3 aromatic rings. The van der Waals surface area contributed by atoms with Gasteiger partial charge in [0.2, 0.25) is 0 Å². The Morgan fingerprint density at radius 2 is 1.34 bits per heavy atom. The lowest BCUT2D eigenvalue weighted by Crippen LogP contribution is -2.21. The lowest BCUT2D eigenvalue weighted by atomic mass is 9.83. The van der Waals surface area contributed by atoms with Gasteiger partial charge in [-0.3, -0.25) is 0 Å². The molecule has 1 heteroatoms. The molecule has 0 unspecified atom stereocenters. The molecule has 0 radical (unpaired) electrons. The van der Waals surface area contributed by atoms with Crippen LogP contribution >= 0.6 is 0 Å². The molecule has 1 aliphatic rings. The Morgan fingerprint density at radius 3 is 1.94 bits per heavy atom. The van der Waals surface area contributed by atoms with Gasteiger partial charge in [0, 0.05) is 6.61 Å². The van der Waals surface area contributed by atoms with Crippen molar-refractivity contribution < 1.29 is 4.74 Å². The molecule has 0 amide bonds. The summed E-state index contributed by atoms with van der Waals surface area (Å²) in [5.74, 6) is 1.41. The van der Waals surface area contributed by atoms with Gasteiger partial charge in [0.05, 0.1) is 6.10 Å². The van der Waals surface area contributed by atoms with E-state index in [2.05, 4.69) is 92.7 Å². The number of hydrogen-bond donors (Lipinski definition) is 0. The summed E-state index contributed by atoms with van der Waals surface area (Å²) < 4.78 is 5.80. The van der Waals surface area contributed by atoms with Crippen molar-refractivity contribution in [2.45, 2.75) is 70.8 Å².